The van der Waals surface area contributed by atoms with Crippen LogP contribution in [0.3, 0.4) is 0 Å². The molecule has 258 valence electrons. The molecule has 11 rings (SSSR count). The summed E-state index contributed by atoms with van der Waals surface area (Å²) in [6.45, 7) is 0. The van der Waals surface area contributed by atoms with Crippen molar-refractivity contribution in [2.24, 2.45) is 0 Å². The lowest BCUT2D eigenvalue weighted by atomic mass is 9.68. The van der Waals surface area contributed by atoms with Gasteiger partial charge in [0.2, 0.25) is 0 Å². The van der Waals surface area contributed by atoms with Crippen LogP contribution in [0, 0.1) is 0 Å². The molecule has 0 atom stereocenters. The molecule has 1 aliphatic rings. The van der Waals surface area contributed by atoms with Gasteiger partial charge < -0.3 is 9.32 Å². The lowest BCUT2D eigenvalue weighted by molar-refractivity contribution is 0.672. The Balaban J connectivity index is 1.01. The monoisotopic (exact) mass is 701 g/mol. The van der Waals surface area contributed by atoms with Crippen LogP contribution in [-0.4, -0.2) is 0 Å². The lowest BCUT2D eigenvalue weighted by Gasteiger charge is -2.34. The third-order valence-electron chi connectivity index (χ3n) is 11.6. The van der Waals surface area contributed by atoms with Gasteiger partial charge in [0.05, 0.1) is 5.41 Å². The number of nitrogens with zero attached hydrogens (tertiary/aromatic N) is 1. The molecule has 10 aromatic rings. The average molecular weight is 702 g/mol. The molecule has 0 amide bonds. The summed E-state index contributed by atoms with van der Waals surface area (Å²) in [6, 6.07) is 76.9. The van der Waals surface area contributed by atoms with Crippen molar-refractivity contribution in [3.05, 3.63) is 235 Å². The summed E-state index contributed by atoms with van der Waals surface area (Å²) in [5.74, 6) is 0. The minimum absolute atomic E-state index is 0.431. The topological polar surface area (TPSA) is 16.4 Å². The molecule has 1 aliphatic carbocycles. The third-order valence-corrected chi connectivity index (χ3v) is 11.6. The van der Waals surface area contributed by atoms with Gasteiger partial charge in [0.1, 0.15) is 11.2 Å². The van der Waals surface area contributed by atoms with Crippen molar-refractivity contribution in [2.45, 2.75) is 5.41 Å². The smallest absolute Gasteiger partial charge is 0.143 e. The van der Waals surface area contributed by atoms with Crippen LogP contribution >= 0.6 is 0 Å². The van der Waals surface area contributed by atoms with Gasteiger partial charge in [-0.15, -0.1) is 0 Å². The lowest BCUT2D eigenvalue weighted by Crippen LogP contribution is -2.28. The normalized spacial score (nSPS) is 12.9. The maximum Gasteiger partial charge on any atom is 0.143 e. The maximum absolute atomic E-state index is 6.41. The molecule has 9 aromatic carbocycles. The minimum Gasteiger partial charge on any atom is -0.455 e. The van der Waals surface area contributed by atoms with Gasteiger partial charge in [0.15, 0.2) is 0 Å². The fourth-order valence-electron chi connectivity index (χ4n) is 9.08. The second-order valence-electron chi connectivity index (χ2n) is 14.4. The number of fused-ring (bicyclic) bond motifs is 8. The van der Waals surface area contributed by atoms with Gasteiger partial charge in [-0.2, -0.15) is 0 Å². The first kappa shape index (κ1) is 31.4. The molecule has 0 saturated heterocycles. The molecule has 55 heavy (non-hydrogen) atoms. The second kappa shape index (κ2) is 12.5. The van der Waals surface area contributed by atoms with Crippen LogP contribution in [0.4, 0.5) is 17.1 Å². The largest absolute Gasteiger partial charge is 0.455 e. The summed E-state index contributed by atoms with van der Waals surface area (Å²) in [4.78, 5) is 2.34. The molecule has 2 nitrogen and oxygen atoms in total. The van der Waals surface area contributed by atoms with Crippen molar-refractivity contribution < 1.29 is 4.42 Å². The Bertz CT molecular complexity index is 2970. The van der Waals surface area contributed by atoms with E-state index in [-0.39, 0.29) is 0 Å². The molecule has 0 aliphatic heterocycles. The van der Waals surface area contributed by atoms with Crippen LogP contribution in [0.1, 0.15) is 22.3 Å². The highest BCUT2D eigenvalue weighted by Crippen LogP contribution is 2.56. The summed E-state index contributed by atoms with van der Waals surface area (Å²) in [5.41, 5.74) is 14.8. The third kappa shape index (κ3) is 4.82. The first-order chi connectivity index (χ1) is 27.3. The van der Waals surface area contributed by atoms with E-state index in [0.717, 1.165) is 55.5 Å². The Hall–Kier alpha value is -7.16. The molecule has 2 heteroatoms. The molecule has 1 aromatic heterocycles. The quantitative estimate of drug-likeness (QED) is 0.172. The van der Waals surface area contributed by atoms with Crippen molar-refractivity contribution >= 4 is 49.8 Å². The van der Waals surface area contributed by atoms with Gasteiger partial charge in [-0.25, -0.2) is 0 Å². The highest BCUT2D eigenvalue weighted by atomic mass is 16.3. The van der Waals surface area contributed by atoms with Gasteiger partial charge in [0.25, 0.3) is 0 Å². The van der Waals surface area contributed by atoms with Crippen LogP contribution in [0.15, 0.2) is 217 Å². The highest BCUT2D eigenvalue weighted by molar-refractivity contribution is 6.15. The molecule has 1 heterocycles. The second-order valence-corrected chi connectivity index (χ2v) is 14.4. The molecule has 0 unspecified atom stereocenters. The molecular weight excluding hydrogens is 667 g/mol. The van der Waals surface area contributed by atoms with Crippen LogP contribution < -0.4 is 4.90 Å². The van der Waals surface area contributed by atoms with Gasteiger partial charge in [-0.05, 0) is 104 Å². The van der Waals surface area contributed by atoms with Crippen molar-refractivity contribution in [3.8, 4) is 22.3 Å². The van der Waals surface area contributed by atoms with E-state index in [1.807, 2.05) is 12.1 Å². The fraction of sp³-hybridized carbons (Fsp3) is 0.0189. The van der Waals surface area contributed by atoms with Crippen LogP contribution in [0.5, 0.6) is 0 Å². The minimum atomic E-state index is -0.431. The summed E-state index contributed by atoms with van der Waals surface area (Å²) < 4.78 is 6.41. The van der Waals surface area contributed by atoms with Gasteiger partial charge in [0, 0.05) is 33.2 Å². The van der Waals surface area contributed by atoms with E-state index < -0.39 is 5.41 Å². The van der Waals surface area contributed by atoms with E-state index in [1.165, 1.54) is 38.8 Å². The molecule has 0 radical (unpaired) electrons. The Morgan fingerprint density at radius 3 is 1.60 bits per heavy atom. The molecule has 0 N–H and O–H groups in total. The van der Waals surface area contributed by atoms with Crippen LogP contribution in [-0.2, 0) is 5.41 Å². The average Bonchev–Trinajstić information content (AvgIpc) is 3.79. The summed E-state index contributed by atoms with van der Waals surface area (Å²) in [6.07, 6.45) is 0. The predicted molar refractivity (Wildman–Crippen MR) is 229 cm³/mol. The van der Waals surface area contributed by atoms with Crippen LogP contribution in [0.2, 0.25) is 0 Å². The van der Waals surface area contributed by atoms with E-state index in [9.17, 15) is 0 Å². The zero-order valence-electron chi connectivity index (χ0n) is 30.1. The Labute approximate surface area is 320 Å². The van der Waals surface area contributed by atoms with Crippen molar-refractivity contribution in [2.75, 3.05) is 4.90 Å². The molecular formula is C53H35NO. The summed E-state index contributed by atoms with van der Waals surface area (Å²) >= 11 is 0. The Morgan fingerprint density at radius 2 is 0.891 bits per heavy atom. The molecule has 0 spiro atoms. The molecule has 0 saturated carbocycles. The molecule has 0 bridgehead atoms. The Morgan fingerprint density at radius 1 is 0.364 bits per heavy atom. The SMILES string of the molecule is c1ccc(N(c2ccc(-c3ccc4ccc5c6ccccc6oc5c4c3)cc2)c2ccc(C3(c4ccccc4)c4ccccc4-c4ccccc43)cc2)cc1. The van der Waals surface area contributed by atoms with E-state index in [4.69, 9.17) is 4.42 Å². The first-order valence-electron chi connectivity index (χ1n) is 18.9. The number of para-hydroxylation sites is 2. The van der Waals surface area contributed by atoms with E-state index >= 15 is 0 Å². The zero-order chi connectivity index (χ0) is 36.3. The maximum atomic E-state index is 6.41. The Kier molecular flexibility index (Phi) is 7.11. The number of hydrogen-bond donors (Lipinski definition) is 0. The van der Waals surface area contributed by atoms with Crippen molar-refractivity contribution in [1.29, 1.82) is 0 Å². The van der Waals surface area contributed by atoms with Crippen LogP contribution in [0.25, 0.3) is 55.0 Å². The number of furan rings is 1. The first-order valence-corrected chi connectivity index (χ1v) is 18.9. The fourth-order valence-corrected chi connectivity index (χ4v) is 9.08. The number of hydrogen-bond acceptors (Lipinski definition) is 2. The van der Waals surface area contributed by atoms with Crippen molar-refractivity contribution in [3.63, 3.8) is 0 Å². The summed E-state index contributed by atoms with van der Waals surface area (Å²) in [5, 5.41) is 4.60. The molecule has 0 fully saturated rings. The standard InChI is InChI=1S/C53H35NO/c1-3-13-39(14-4-1)53(49-20-10-7-17-44(49)45-18-8-11-21-50(45)53)40-28-32-43(33-29-40)54(41-15-5-2-6-16-41)42-30-25-36(26-31-42)38-24-23-37-27-34-47-46-19-9-12-22-51(46)55-52(47)48(37)35-38/h1-35H. The van der Waals surface area contributed by atoms with Gasteiger partial charge in [-0.1, -0.05) is 158 Å². The van der Waals surface area contributed by atoms with E-state index in [0.29, 0.717) is 0 Å². The van der Waals surface area contributed by atoms with E-state index in [1.54, 1.807) is 0 Å². The number of benzene rings is 9. The van der Waals surface area contributed by atoms with Gasteiger partial charge >= 0.3 is 0 Å². The zero-order valence-corrected chi connectivity index (χ0v) is 30.1. The van der Waals surface area contributed by atoms with Gasteiger partial charge in [-0.3, -0.25) is 0 Å². The predicted octanol–water partition coefficient (Wildman–Crippen LogP) is 14.2. The summed E-state index contributed by atoms with van der Waals surface area (Å²) in [7, 11) is 0. The number of anilines is 3. The van der Waals surface area contributed by atoms with E-state index in [2.05, 4.69) is 205 Å². The number of rotatable bonds is 6. The van der Waals surface area contributed by atoms with Crippen molar-refractivity contribution in [1.82, 2.24) is 0 Å². The highest BCUT2D eigenvalue weighted by Gasteiger charge is 2.45.